The van der Waals surface area contributed by atoms with Crippen molar-refractivity contribution in [3.63, 3.8) is 0 Å². The molecule has 0 atom stereocenters. The van der Waals surface area contributed by atoms with Crippen molar-refractivity contribution in [3.8, 4) is 0 Å². The van der Waals surface area contributed by atoms with Crippen molar-refractivity contribution in [2.75, 3.05) is 0 Å². The molecule has 3 nitrogen and oxygen atoms in total. The summed E-state index contributed by atoms with van der Waals surface area (Å²) in [5.41, 5.74) is 0. The number of pyridine rings is 1. The Balaban J connectivity index is 3.17. The molecule has 1 heterocycles. The van der Waals surface area contributed by atoms with Gasteiger partial charge in [0, 0.05) is 12.4 Å². The standard InChI is InChI=1S/C8H11NO2S/c1-7(2)12(10,11)8-3-5-9-6-4-8/h3-7H,1-2H3. The van der Waals surface area contributed by atoms with Crippen LogP contribution in [0.5, 0.6) is 0 Å². The first-order valence-electron chi connectivity index (χ1n) is 3.69. The Hall–Kier alpha value is -0.900. The number of aromatic nitrogens is 1. The predicted molar refractivity (Wildman–Crippen MR) is 46.6 cm³/mol. The van der Waals surface area contributed by atoms with E-state index in [1.807, 2.05) is 0 Å². The fourth-order valence-corrected chi connectivity index (χ4v) is 1.85. The van der Waals surface area contributed by atoms with E-state index in [0.717, 1.165) is 0 Å². The molecule has 66 valence electrons. The Morgan fingerprint density at radius 1 is 1.25 bits per heavy atom. The summed E-state index contributed by atoms with van der Waals surface area (Å²) >= 11 is 0. The van der Waals surface area contributed by atoms with Gasteiger partial charge in [0.15, 0.2) is 9.84 Å². The van der Waals surface area contributed by atoms with Gasteiger partial charge in [-0.15, -0.1) is 0 Å². The minimum atomic E-state index is -3.12. The molecule has 0 radical (unpaired) electrons. The molecule has 0 bridgehead atoms. The number of hydrogen-bond acceptors (Lipinski definition) is 3. The smallest absolute Gasteiger partial charge is 0.180 e. The van der Waals surface area contributed by atoms with Crippen LogP contribution in [0.3, 0.4) is 0 Å². The lowest BCUT2D eigenvalue weighted by Gasteiger charge is -2.05. The van der Waals surface area contributed by atoms with Crippen LogP contribution in [0.15, 0.2) is 29.4 Å². The monoisotopic (exact) mass is 185 g/mol. The predicted octanol–water partition coefficient (Wildman–Crippen LogP) is 1.26. The first-order chi connectivity index (χ1) is 5.55. The first-order valence-corrected chi connectivity index (χ1v) is 5.23. The molecule has 12 heavy (non-hydrogen) atoms. The minimum Gasteiger partial charge on any atom is -0.265 e. The molecule has 0 saturated carbocycles. The van der Waals surface area contributed by atoms with Gasteiger partial charge in [-0.2, -0.15) is 0 Å². The van der Waals surface area contributed by atoms with Gasteiger partial charge in [0.25, 0.3) is 0 Å². The summed E-state index contributed by atoms with van der Waals surface area (Å²) in [4.78, 5) is 4.09. The second-order valence-corrected chi connectivity index (χ2v) is 5.28. The fraction of sp³-hybridized carbons (Fsp3) is 0.375. The van der Waals surface area contributed by atoms with E-state index in [4.69, 9.17) is 0 Å². The zero-order chi connectivity index (χ0) is 9.19. The summed E-state index contributed by atoms with van der Waals surface area (Å²) in [5.74, 6) is 0. The van der Waals surface area contributed by atoms with Crippen LogP contribution in [0.25, 0.3) is 0 Å². The van der Waals surface area contributed by atoms with E-state index in [9.17, 15) is 8.42 Å². The summed E-state index contributed by atoms with van der Waals surface area (Å²) < 4.78 is 23.0. The van der Waals surface area contributed by atoms with E-state index in [0.29, 0.717) is 4.90 Å². The van der Waals surface area contributed by atoms with E-state index in [1.165, 1.54) is 24.5 Å². The highest BCUT2D eigenvalue weighted by Gasteiger charge is 2.17. The van der Waals surface area contributed by atoms with Crippen molar-refractivity contribution in [2.24, 2.45) is 0 Å². The molecule has 0 amide bonds. The molecule has 4 heteroatoms. The molecule has 0 aliphatic carbocycles. The van der Waals surface area contributed by atoms with E-state index < -0.39 is 9.84 Å². The Bertz CT molecular complexity index is 343. The summed E-state index contributed by atoms with van der Waals surface area (Å²) in [6, 6.07) is 3.02. The third kappa shape index (κ3) is 1.64. The van der Waals surface area contributed by atoms with Crippen LogP contribution in [0.4, 0.5) is 0 Å². The molecule has 0 aliphatic heterocycles. The third-order valence-corrected chi connectivity index (χ3v) is 3.77. The SMILES string of the molecule is CC(C)S(=O)(=O)c1ccncc1. The van der Waals surface area contributed by atoms with E-state index in [-0.39, 0.29) is 5.25 Å². The van der Waals surface area contributed by atoms with Crippen LogP contribution in [-0.4, -0.2) is 18.7 Å². The van der Waals surface area contributed by atoms with Crippen LogP contribution < -0.4 is 0 Å². The lowest BCUT2D eigenvalue weighted by atomic mass is 10.5. The Kier molecular flexibility index (Phi) is 2.47. The first kappa shape index (κ1) is 9.19. The van der Waals surface area contributed by atoms with E-state index in [2.05, 4.69) is 4.98 Å². The Morgan fingerprint density at radius 3 is 2.17 bits per heavy atom. The fourth-order valence-electron chi connectivity index (χ4n) is 0.800. The van der Waals surface area contributed by atoms with Crippen molar-refractivity contribution in [3.05, 3.63) is 24.5 Å². The van der Waals surface area contributed by atoms with Crippen molar-refractivity contribution in [1.82, 2.24) is 4.98 Å². The zero-order valence-corrected chi connectivity index (χ0v) is 7.88. The second kappa shape index (κ2) is 3.23. The molecule has 1 aromatic rings. The summed E-state index contributed by atoms with van der Waals surface area (Å²) in [6.07, 6.45) is 2.96. The van der Waals surface area contributed by atoms with Gasteiger partial charge >= 0.3 is 0 Å². The molecule has 0 saturated heterocycles. The van der Waals surface area contributed by atoms with Gasteiger partial charge in [-0.3, -0.25) is 4.98 Å². The molecule has 0 fully saturated rings. The highest BCUT2D eigenvalue weighted by atomic mass is 32.2. The van der Waals surface area contributed by atoms with Crippen LogP contribution in [0.1, 0.15) is 13.8 Å². The van der Waals surface area contributed by atoms with Crippen molar-refractivity contribution in [2.45, 2.75) is 24.0 Å². The molecule has 1 aromatic heterocycles. The molecule has 0 aromatic carbocycles. The number of hydrogen-bond donors (Lipinski definition) is 0. The molecular weight excluding hydrogens is 174 g/mol. The maximum Gasteiger partial charge on any atom is 0.180 e. The average Bonchev–Trinajstić information content (AvgIpc) is 2.06. The van der Waals surface area contributed by atoms with Gasteiger partial charge < -0.3 is 0 Å². The molecular formula is C8H11NO2S. The van der Waals surface area contributed by atoms with E-state index >= 15 is 0 Å². The van der Waals surface area contributed by atoms with Crippen molar-refractivity contribution < 1.29 is 8.42 Å². The van der Waals surface area contributed by atoms with Gasteiger partial charge in [0.2, 0.25) is 0 Å². The van der Waals surface area contributed by atoms with Crippen LogP contribution in [0.2, 0.25) is 0 Å². The van der Waals surface area contributed by atoms with Crippen molar-refractivity contribution in [1.29, 1.82) is 0 Å². The molecule has 1 rings (SSSR count). The van der Waals surface area contributed by atoms with E-state index in [1.54, 1.807) is 13.8 Å². The largest absolute Gasteiger partial charge is 0.265 e. The topological polar surface area (TPSA) is 47.0 Å². The summed E-state index contributed by atoms with van der Waals surface area (Å²) in [5, 5.41) is -0.375. The van der Waals surface area contributed by atoms with Gasteiger partial charge in [-0.1, -0.05) is 0 Å². The minimum absolute atomic E-state index is 0.340. The maximum absolute atomic E-state index is 11.5. The average molecular weight is 185 g/mol. The zero-order valence-electron chi connectivity index (χ0n) is 7.06. The van der Waals surface area contributed by atoms with Crippen LogP contribution in [0, 0.1) is 0 Å². The summed E-state index contributed by atoms with van der Waals surface area (Å²) in [6.45, 7) is 3.32. The Labute approximate surface area is 72.4 Å². The van der Waals surface area contributed by atoms with Crippen LogP contribution in [-0.2, 0) is 9.84 Å². The normalized spacial score (nSPS) is 11.9. The second-order valence-electron chi connectivity index (χ2n) is 2.78. The van der Waals surface area contributed by atoms with Gasteiger partial charge in [-0.25, -0.2) is 8.42 Å². The quantitative estimate of drug-likeness (QED) is 0.697. The van der Waals surface area contributed by atoms with Crippen molar-refractivity contribution >= 4 is 9.84 Å². The van der Waals surface area contributed by atoms with Gasteiger partial charge in [0.05, 0.1) is 10.1 Å². The lowest BCUT2D eigenvalue weighted by Crippen LogP contribution is -2.13. The molecule has 0 spiro atoms. The number of sulfone groups is 1. The maximum atomic E-state index is 11.5. The lowest BCUT2D eigenvalue weighted by molar-refractivity contribution is 0.587. The Morgan fingerprint density at radius 2 is 1.75 bits per heavy atom. The van der Waals surface area contributed by atoms with Gasteiger partial charge in [-0.05, 0) is 26.0 Å². The highest BCUT2D eigenvalue weighted by Crippen LogP contribution is 2.13. The van der Waals surface area contributed by atoms with Crippen LogP contribution >= 0.6 is 0 Å². The highest BCUT2D eigenvalue weighted by molar-refractivity contribution is 7.92. The van der Waals surface area contributed by atoms with Gasteiger partial charge in [0.1, 0.15) is 0 Å². The number of rotatable bonds is 2. The molecule has 0 aliphatic rings. The third-order valence-electron chi connectivity index (χ3n) is 1.60. The molecule has 0 unspecified atom stereocenters. The number of nitrogens with zero attached hydrogens (tertiary/aromatic N) is 1. The summed E-state index contributed by atoms with van der Waals surface area (Å²) in [7, 11) is -3.12. The molecule has 0 N–H and O–H groups in total.